The maximum Gasteiger partial charge on any atom is 0.210 e. The maximum absolute atomic E-state index is 8.76. The highest BCUT2D eigenvalue weighted by Crippen LogP contribution is 2.33. The first-order chi connectivity index (χ1) is 12.2. The highest BCUT2D eigenvalue weighted by molar-refractivity contribution is 8.01. The average molecular weight is 368 g/mol. The molecule has 0 unspecified atom stereocenters. The Balaban J connectivity index is 1.77. The normalized spacial score (nSPS) is 10.4. The number of benzene rings is 1. The van der Waals surface area contributed by atoms with Gasteiger partial charge in [-0.1, -0.05) is 43.4 Å². The Morgan fingerprint density at radius 1 is 1.04 bits per heavy atom. The Morgan fingerprint density at radius 3 is 2.40 bits per heavy atom. The number of nitriles is 1. The fourth-order valence-electron chi connectivity index (χ4n) is 2.34. The van der Waals surface area contributed by atoms with Gasteiger partial charge in [0.15, 0.2) is 10.0 Å². The van der Waals surface area contributed by atoms with Crippen molar-refractivity contribution in [1.29, 1.82) is 5.26 Å². The van der Waals surface area contributed by atoms with Crippen molar-refractivity contribution in [3.05, 3.63) is 47.2 Å². The second kappa shape index (κ2) is 8.05. The van der Waals surface area contributed by atoms with Gasteiger partial charge in [0.25, 0.3) is 0 Å². The first kappa shape index (κ1) is 17.3. The van der Waals surface area contributed by atoms with E-state index in [0.717, 1.165) is 28.0 Å². The van der Waals surface area contributed by atoms with Crippen LogP contribution in [0.3, 0.4) is 0 Å². The first-order valence-corrected chi connectivity index (χ1v) is 9.49. The van der Waals surface area contributed by atoms with E-state index in [0.29, 0.717) is 10.7 Å². The lowest BCUT2D eigenvalue weighted by Crippen LogP contribution is -1.99. The Labute approximate surface area is 154 Å². The van der Waals surface area contributed by atoms with E-state index in [1.165, 1.54) is 34.2 Å². The van der Waals surface area contributed by atoms with Gasteiger partial charge >= 0.3 is 0 Å². The quantitative estimate of drug-likeness (QED) is 0.697. The molecule has 0 fully saturated rings. The molecule has 2 aromatic heterocycles. The Morgan fingerprint density at radius 2 is 1.80 bits per heavy atom. The zero-order chi connectivity index (χ0) is 17.6. The molecule has 3 aromatic rings. The second-order valence-electron chi connectivity index (χ2n) is 5.13. The van der Waals surface area contributed by atoms with Crippen molar-refractivity contribution in [2.24, 2.45) is 0 Å². The predicted molar refractivity (Wildman–Crippen MR) is 99.3 cm³/mol. The monoisotopic (exact) mass is 368 g/mol. The molecule has 25 heavy (non-hydrogen) atoms. The molecule has 0 aliphatic carbocycles. The Bertz CT molecular complexity index is 876. The number of aryl methyl sites for hydroxylation is 2. The molecule has 0 saturated heterocycles. The summed E-state index contributed by atoms with van der Waals surface area (Å²) in [7, 11) is 0. The minimum atomic E-state index is 0.298. The van der Waals surface area contributed by atoms with Crippen LogP contribution in [-0.2, 0) is 12.8 Å². The maximum atomic E-state index is 8.76. The van der Waals surface area contributed by atoms with E-state index in [1.807, 2.05) is 6.07 Å². The summed E-state index contributed by atoms with van der Waals surface area (Å²) in [6.45, 7) is 4.29. The SMILES string of the molecule is CCc1cccc(CC)c1Nc1nnc(Sc2ccc(C#N)nn2)s1. The van der Waals surface area contributed by atoms with E-state index < -0.39 is 0 Å². The van der Waals surface area contributed by atoms with Crippen molar-refractivity contribution < 1.29 is 0 Å². The summed E-state index contributed by atoms with van der Waals surface area (Å²) in [6, 6.07) is 11.7. The third kappa shape index (κ3) is 4.13. The molecule has 0 aliphatic rings. The number of hydrogen-bond acceptors (Lipinski definition) is 8. The summed E-state index contributed by atoms with van der Waals surface area (Å²) in [5.41, 5.74) is 3.95. The minimum absolute atomic E-state index is 0.298. The highest BCUT2D eigenvalue weighted by atomic mass is 32.2. The summed E-state index contributed by atoms with van der Waals surface area (Å²) < 4.78 is 0.772. The van der Waals surface area contributed by atoms with Gasteiger partial charge in [-0.25, -0.2) is 0 Å². The van der Waals surface area contributed by atoms with E-state index in [2.05, 4.69) is 57.8 Å². The topological polar surface area (TPSA) is 87.4 Å². The van der Waals surface area contributed by atoms with Crippen LogP contribution in [0.1, 0.15) is 30.7 Å². The molecule has 1 N–H and O–H groups in total. The van der Waals surface area contributed by atoms with Crippen LogP contribution in [0.15, 0.2) is 39.7 Å². The summed E-state index contributed by atoms with van der Waals surface area (Å²) in [6.07, 6.45) is 1.91. The van der Waals surface area contributed by atoms with Gasteiger partial charge in [-0.05, 0) is 47.9 Å². The van der Waals surface area contributed by atoms with Gasteiger partial charge in [-0.15, -0.1) is 20.4 Å². The molecule has 0 amide bonds. The van der Waals surface area contributed by atoms with Crippen molar-refractivity contribution >= 4 is 33.9 Å². The van der Waals surface area contributed by atoms with Crippen LogP contribution in [0, 0.1) is 11.3 Å². The lowest BCUT2D eigenvalue weighted by molar-refractivity contribution is 0.912. The minimum Gasteiger partial charge on any atom is -0.330 e. The van der Waals surface area contributed by atoms with E-state index in [-0.39, 0.29) is 0 Å². The van der Waals surface area contributed by atoms with Crippen LogP contribution >= 0.6 is 23.1 Å². The van der Waals surface area contributed by atoms with Gasteiger partial charge in [-0.3, -0.25) is 0 Å². The molecule has 0 aliphatic heterocycles. The fourth-order valence-corrected chi connectivity index (χ4v) is 3.95. The van der Waals surface area contributed by atoms with E-state index in [1.54, 1.807) is 12.1 Å². The third-order valence-corrected chi connectivity index (χ3v) is 5.40. The Kier molecular flexibility index (Phi) is 5.58. The van der Waals surface area contributed by atoms with Gasteiger partial charge in [0.1, 0.15) is 11.1 Å². The average Bonchev–Trinajstić information content (AvgIpc) is 3.09. The lowest BCUT2D eigenvalue weighted by Gasteiger charge is -2.13. The second-order valence-corrected chi connectivity index (χ2v) is 7.37. The van der Waals surface area contributed by atoms with Crippen molar-refractivity contribution in [1.82, 2.24) is 20.4 Å². The van der Waals surface area contributed by atoms with Crippen molar-refractivity contribution in [3.8, 4) is 6.07 Å². The molecule has 0 bridgehead atoms. The number of rotatable bonds is 6. The number of nitrogens with zero attached hydrogens (tertiary/aromatic N) is 5. The predicted octanol–water partition coefficient (Wildman–Crippen LogP) is 4.22. The van der Waals surface area contributed by atoms with Gasteiger partial charge in [0.2, 0.25) is 5.13 Å². The van der Waals surface area contributed by atoms with E-state index in [9.17, 15) is 0 Å². The van der Waals surface area contributed by atoms with Gasteiger partial charge in [-0.2, -0.15) is 5.26 Å². The van der Waals surface area contributed by atoms with E-state index >= 15 is 0 Å². The van der Waals surface area contributed by atoms with Crippen molar-refractivity contribution in [3.63, 3.8) is 0 Å². The van der Waals surface area contributed by atoms with E-state index in [4.69, 9.17) is 5.26 Å². The molecule has 126 valence electrons. The number of nitrogens with one attached hydrogen (secondary N) is 1. The fraction of sp³-hybridized carbons (Fsp3) is 0.235. The third-order valence-electron chi connectivity index (χ3n) is 3.58. The van der Waals surface area contributed by atoms with Crippen LogP contribution in [0.25, 0.3) is 0 Å². The van der Waals surface area contributed by atoms with Gasteiger partial charge in [0, 0.05) is 5.69 Å². The summed E-state index contributed by atoms with van der Waals surface area (Å²) >= 11 is 2.85. The first-order valence-electron chi connectivity index (χ1n) is 7.86. The molecule has 1 aromatic carbocycles. The van der Waals surface area contributed by atoms with Crippen LogP contribution in [0.4, 0.5) is 10.8 Å². The number of aromatic nitrogens is 4. The molecule has 6 nitrogen and oxygen atoms in total. The molecule has 2 heterocycles. The van der Waals surface area contributed by atoms with Crippen molar-refractivity contribution in [2.75, 3.05) is 5.32 Å². The molecule has 0 radical (unpaired) electrons. The van der Waals surface area contributed by atoms with Crippen LogP contribution < -0.4 is 5.32 Å². The molecule has 0 atom stereocenters. The van der Waals surface area contributed by atoms with Crippen molar-refractivity contribution in [2.45, 2.75) is 36.1 Å². The zero-order valence-corrected chi connectivity index (χ0v) is 15.5. The standard InChI is InChI=1S/C17H16N6S2/c1-3-11-6-5-7-12(4-2)15(11)19-16-22-23-17(25-16)24-14-9-8-13(10-18)20-21-14/h5-9H,3-4H2,1-2H3,(H,19,22). The molecular weight excluding hydrogens is 352 g/mol. The number of anilines is 2. The number of para-hydroxylation sites is 1. The van der Waals surface area contributed by atoms with Crippen LogP contribution in [0.5, 0.6) is 0 Å². The smallest absolute Gasteiger partial charge is 0.210 e. The lowest BCUT2D eigenvalue weighted by atomic mass is 10.0. The zero-order valence-electron chi connectivity index (χ0n) is 13.9. The van der Waals surface area contributed by atoms with Gasteiger partial charge in [0.05, 0.1) is 0 Å². The van der Waals surface area contributed by atoms with Crippen LogP contribution in [0.2, 0.25) is 0 Å². The number of hydrogen-bond donors (Lipinski definition) is 1. The molecule has 3 rings (SSSR count). The van der Waals surface area contributed by atoms with Gasteiger partial charge < -0.3 is 5.32 Å². The molecule has 8 heteroatoms. The summed E-state index contributed by atoms with van der Waals surface area (Å²) in [5, 5.41) is 29.9. The molecule has 0 saturated carbocycles. The summed E-state index contributed by atoms with van der Waals surface area (Å²) in [4.78, 5) is 0. The largest absolute Gasteiger partial charge is 0.330 e. The highest BCUT2D eigenvalue weighted by Gasteiger charge is 2.11. The van der Waals surface area contributed by atoms with Crippen LogP contribution in [-0.4, -0.2) is 20.4 Å². The summed E-state index contributed by atoms with van der Waals surface area (Å²) in [5.74, 6) is 0. The molecular formula is C17H16N6S2. The molecule has 0 spiro atoms. The Hall–Kier alpha value is -2.50.